The van der Waals surface area contributed by atoms with Crippen molar-refractivity contribution in [1.82, 2.24) is 15.0 Å². The van der Waals surface area contributed by atoms with Crippen molar-refractivity contribution in [3.63, 3.8) is 0 Å². The van der Waals surface area contributed by atoms with Crippen LogP contribution in [0.5, 0.6) is 0 Å². The number of nitrogens with zero attached hydrogens (tertiary/aromatic N) is 3. The van der Waals surface area contributed by atoms with E-state index in [1.807, 2.05) is 12.1 Å². The van der Waals surface area contributed by atoms with Gasteiger partial charge in [0.25, 0.3) is 5.91 Å². The number of thiazole rings is 1. The minimum Gasteiger partial charge on any atom is -0.364 e. The van der Waals surface area contributed by atoms with Gasteiger partial charge in [0.2, 0.25) is 0 Å². The first kappa shape index (κ1) is 21.8. The number of aromatic nitrogens is 3. The van der Waals surface area contributed by atoms with E-state index in [4.69, 9.17) is 5.73 Å². The van der Waals surface area contributed by atoms with E-state index in [0.29, 0.717) is 23.0 Å². The molecule has 5 rings (SSSR count). The zero-order chi connectivity index (χ0) is 23.8. The van der Waals surface area contributed by atoms with Gasteiger partial charge in [-0.2, -0.15) is 0 Å². The van der Waals surface area contributed by atoms with E-state index < -0.39 is 11.7 Å². The summed E-state index contributed by atoms with van der Waals surface area (Å²) in [5, 5.41) is 0.785. The summed E-state index contributed by atoms with van der Waals surface area (Å²) in [5.41, 5.74) is 9.03. The maximum atomic E-state index is 14.5. The Bertz CT molecular complexity index is 1560. The molecule has 0 aliphatic heterocycles. The Kier molecular flexibility index (Phi) is 5.59. The van der Waals surface area contributed by atoms with Crippen LogP contribution in [-0.2, 0) is 6.42 Å². The quantitative estimate of drug-likeness (QED) is 0.356. The van der Waals surface area contributed by atoms with Crippen LogP contribution >= 0.6 is 11.3 Å². The van der Waals surface area contributed by atoms with Gasteiger partial charge >= 0.3 is 0 Å². The third kappa shape index (κ3) is 4.04. The highest BCUT2D eigenvalue weighted by atomic mass is 32.1. The zero-order valence-electron chi connectivity index (χ0n) is 18.0. The summed E-state index contributed by atoms with van der Waals surface area (Å²) in [6.45, 7) is 1.72. The SMILES string of the molecule is Cc1cc(-c2ncc(Cc3cccc4nc(C(N)=O)c(-c5ccccc5F)nc34)s2)ccc1F. The van der Waals surface area contributed by atoms with Crippen LogP contribution in [0.3, 0.4) is 0 Å². The second-order valence-corrected chi connectivity index (χ2v) is 8.94. The molecule has 0 atom stereocenters. The molecule has 0 fully saturated rings. The number of halogens is 2. The van der Waals surface area contributed by atoms with Crippen molar-refractivity contribution in [2.45, 2.75) is 13.3 Å². The number of benzene rings is 3. The Morgan fingerprint density at radius 1 is 1.00 bits per heavy atom. The summed E-state index contributed by atoms with van der Waals surface area (Å²) in [4.78, 5) is 26.6. The normalized spacial score (nSPS) is 11.1. The van der Waals surface area contributed by atoms with Crippen molar-refractivity contribution < 1.29 is 13.6 Å². The standard InChI is InChI=1S/C26H18F2N4OS/c1-14-11-16(9-10-19(14)27)26-30-13-17(34-26)12-15-5-4-8-21-22(15)32-23(24(31-21)25(29)33)18-6-2-3-7-20(18)28/h2-11,13H,12H2,1H3,(H2,29,33). The van der Waals surface area contributed by atoms with Crippen molar-refractivity contribution in [1.29, 1.82) is 0 Å². The smallest absolute Gasteiger partial charge is 0.269 e. The Morgan fingerprint density at radius 3 is 2.59 bits per heavy atom. The van der Waals surface area contributed by atoms with Crippen LogP contribution in [0.4, 0.5) is 8.78 Å². The number of aryl methyl sites for hydroxylation is 1. The lowest BCUT2D eigenvalue weighted by Crippen LogP contribution is -2.16. The molecule has 0 saturated heterocycles. The highest BCUT2D eigenvalue weighted by Crippen LogP contribution is 2.31. The molecule has 0 radical (unpaired) electrons. The summed E-state index contributed by atoms with van der Waals surface area (Å²) in [7, 11) is 0. The maximum absolute atomic E-state index is 14.5. The molecule has 168 valence electrons. The molecule has 2 N–H and O–H groups in total. The summed E-state index contributed by atoms with van der Waals surface area (Å²) in [5.74, 6) is -1.55. The van der Waals surface area contributed by atoms with E-state index in [2.05, 4.69) is 15.0 Å². The third-order valence-electron chi connectivity index (χ3n) is 5.46. The van der Waals surface area contributed by atoms with E-state index in [9.17, 15) is 13.6 Å². The Labute approximate surface area is 198 Å². The number of rotatable bonds is 5. The molecule has 0 aliphatic carbocycles. The van der Waals surface area contributed by atoms with Crippen LogP contribution in [-0.4, -0.2) is 20.9 Å². The van der Waals surface area contributed by atoms with Crippen LogP contribution in [0.1, 0.15) is 26.5 Å². The second kappa shape index (κ2) is 8.72. The molecule has 2 aromatic heterocycles. The molecule has 0 saturated carbocycles. The number of carbonyl (C=O) groups is 1. The molecule has 0 aliphatic rings. The fraction of sp³-hybridized carbons (Fsp3) is 0.0769. The third-order valence-corrected chi connectivity index (χ3v) is 6.51. The van der Waals surface area contributed by atoms with E-state index in [1.165, 1.54) is 23.5 Å². The average Bonchev–Trinajstić information content (AvgIpc) is 3.29. The first-order chi connectivity index (χ1) is 16.4. The summed E-state index contributed by atoms with van der Waals surface area (Å²) in [6.07, 6.45) is 2.29. The van der Waals surface area contributed by atoms with Crippen molar-refractivity contribution in [2.24, 2.45) is 5.73 Å². The monoisotopic (exact) mass is 472 g/mol. The van der Waals surface area contributed by atoms with Gasteiger partial charge in [-0.1, -0.05) is 24.3 Å². The number of fused-ring (bicyclic) bond motifs is 1. The number of carbonyl (C=O) groups excluding carboxylic acids is 1. The molecule has 0 spiro atoms. The summed E-state index contributed by atoms with van der Waals surface area (Å²) < 4.78 is 28.2. The van der Waals surface area contributed by atoms with Gasteiger partial charge in [-0.15, -0.1) is 11.3 Å². The summed E-state index contributed by atoms with van der Waals surface area (Å²) in [6, 6.07) is 16.5. The first-order valence-electron chi connectivity index (χ1n) is 10.5. The predicted octanol–water partition coefficient (Wildman–Crippen LogP) is 5.70. The van der Waals surface area contributed by atoms with Crippen LogP contribution < -0.4 is 5.73 Å². The van der Waals surface area contributed by atoms with Crippen LogP contribution in [0.25, 0.3) is 32.9 Å². The van der Waals surface area contributed by atoms with Crippen molar-refractivity contribution >= 4 is 28.3 Å². The minimum absolute atomic E-state index is 0.0819. The highest BCUT2D eigenvalue weighted by molar-refractivity contribution is 7.15. The van der Waals surface area contributed by atoms with Gasteiger partial charge in [-0.3, -0.25) is 4.79 Å². The van der Waals surface area contributed by atoms with Gasteiger partial charge in [0.05, 0.1) is 11.0 Å². The minimum atomic E-state index is -0.778. The number of hydrogen-bond donors (Lipinski definition) is 1. The van der Waals surface area contributed by atoms with Gasteiger partial charge in [-0.25, -0.2) is 23.7 Å². The molecule has 34 heavy (non-hydrogen) atoms. The van der Waals surface area contributed by atoms with Gasteiger partial charge < -0.3 is 5.73 Å². The fourth-order valence-corrected chi connectivity index (χ4v) is 4.71. The fourth-order valence-electron chi connectivity index (χ4n) is 3.78. The van der Waals surface area contributed by atoms with Crippen LogP contribution in [0, 0.1) is 18.6 Å². The van der Waals surface area contributed by atoms with Crippen LogP contribution in [0.2, 0.25) is 0 Å². The lowest BCUT2D eigenvalue weighted by Gasteiger charge is -2.11. The molecule has 1 amide bonds. The maximum Gasteiger partial charge on any atom is 0.269 e. The van der Waals surface area contributed by atoms with E-state index in [1.54, 1.807) is 49.5 Å². The molecule has 5 aromatic rings. The lowest BCUT2D eigenvalue weighted by molar-refractivity contribution is 0.0996. The second-order valence-electron chi connectivity index (χ2n) is 7.82. The van der Waals surface area contributed by atoms with Gasteiger partial charge in [0, 0.05) is 28.6 Å². The number of primary amides is 1. The van der Waals surface area contributed by atoms with Gasteiger partial charge in [-0.05, 0) is 54.4 Å². The highest BCUT2D eigenvalue weighted by Gasteiger charge is 2.19. The molecule has 0 bridgehead atoms. The van der Waals surface area contributed by atoms with Crippen molar-refractivity contribution in [2.75, 3.05) is 0 Å². The van der Waals surface area contributed by atoms with Crippen molar-refractivity contribution in [3.05, 3.63) is 100 Å². The van der Waals surface area contributed by atoms with Gasteiger partial charge in [0.1, 0.15) is 22.3 Å². The predicted molar refractivity (Wildman–Crippen MR) is 129 cm³/mol. The van der Waals surface area contributed by atoms with E-state index in [-0.39, 0.29) is 22.8 Å². The zero-order valence-corrected chi connectivity index (χ0v) is 18.9. The molecular formula is C26H18F2N4OS. The van der Waals surface area contributed by atoms with Gasteiger partial charge in [0.15, 0.2) is 5.69 Å². The Morgan fingerprint density at radius 2 is 1.82 bits per heavy atom. The lowest BCUT2D eigenvalue weighted by atomic mass is 10.1. The number of amides is 1. The Balaban J connectivity index is 1.58. The average molecular weight is 473 g/mol. The molecule has 3 aromatic carbocycles. The Hall–Kier alpha value is -4.04. The molecule has 0 unspecified atom stereocenters. The van der Waals surface area contributed by atoms with Crippen LogP contribution in [0.15, 0.2) is 66.9 Å². The number of para-hydroxylation sites is 1. The molecule has 2 heterocycles. The number of hydrogen-bond acceptors (Lipinski definition) is 5. The molecule has 5 nitrogen and oxygen atoms in total. The largest absolute Gasteiger partial charge is 0.364 e. The summed E-state index contributed by atoms with van der Waals surface area (Å²) >= 11 is 1.50. The van der Waals surface area contributed by atoms with E-state index >= 15 is 0 Å². The van der Waals surface area contributed by atoms with E-state index in [0.717, 1.165) is 21.0 Å². The molecular weight excluding hydrogens is 454 g/mol. The number of nitrogens with two attached hydrogens (primary N) is 1. The molecule has 8 heteroatoms. The topological polar surface area (TPSA) is 81.8 Å². The first-order valence-corrected chi connectivity index (χ1v) is 11.3. The van der Waals surface area contributed by atoms with Crippen molar-refractivity contribution in [3.8, 4) is 21.8 Å².